The molecule has 1 aliphatic carbocycles. The molecule has 3 rings (SSSR count). The molecule has 1 saturated heterocycles. The number of rotatable bonds is 3. The van der Waals surface area contributed by atoms with Crippen LogP contribution in [-0.2, 0) is 11.2 Å². The molecule has 1 unspecified atom stereocenters. The number of carbonyl (C=O) groups excluding carboxylic acids is 1. The highest BCUT2D eigenvalue weighted by molar-refractivity contribution is 5.86. The lowest BCUT2D eigenvalue weighted by molar-refractivity contribution is -0.140. The van der Waals surface area contributed by atoms with Crippen molar-refractivity contribution in [1.82, 2.24) is 14.5 Å². The van der Waals surface area contributed by atoms with Crippen LogP contribution in [0.4, 0.5) is 0 Å². The average molecular weight is 377 g/mol. The summed E-state index contributed by atoms with van der Waals surface area (Å²) in [5.41, 5.74) is 5.83. The van der Waals surface area contributed by atoms with Crippen molar-refractivity contribution in [1.29, 1.82) is 0 Å². The Morgan fingerprint density at radius 2 is 2.00 bits per heavy atom. The van der Waals surface area contributed by atoms with E-state index in [1.165, 1.54) is 6.42 Å². The van der Waals surface area contributed by atoms with Crippen LogP contribution in [0, 0.1) is 0 Å². The molecule has 2 heterocycles. The van der Waals surface area contributed by atoms with Crippen molar-refractivity contribution >= 4 is 30.7 Å². The fraction of sp³-hybridized carbons (Fsp3) is 0.765. The van der Waals surface area contributed by atoms with E-state index in [2.05, 4.69) is 22.7 Å². The lowest BCUT2D eigenvalue weighted by Crippen LogP contribution is -2.58. The highest BCUT2D eigenvalue weighted by Crippen LogP contribution is 2.30. The molecule has 5 nitrogen and oxygen atoms in total. The van der Waals surface area contributed by atoms with Gasteiger partial charge in [-0.1, -0.05) is 26.2 Å². The molecule has 0 bridgehead atoms. The second-order valence-electron chi connectivity index (χ2n) is 6.87. The zero-order chi connectivity index (χ0) is 15.6. The first kappa shape index (κ1) is 21.3. The fourth-order valence-electron chi connectivity index (χ4n) is 4.03. The van der Waals surface area contributed by atoms with E-state index in [0.717, 1.165) is 63.9 Å². The molecule has 0 radical (unpaired) electrons. The Morgan fingerprint density at radius 3 is 2.67 bits per heavy atom. The number of imidazole rings is 1. The van der Waals surface area contributed by atoms with Gasteiger partial charge in [0.05, 0.1) is 11.6 Å². The van der Waals surface area contributed by atoms with Crippen molar-refractivity contribution in [2.75, 3.05) is 13.1 Å². The summed E-state index contributed by atoms with van der Waals surface area (Å²) in [7, 11) is 0. The summed E-state index contributed by atoms with van der Waals surface area (Å²) >= 11 is 0. The fourth-order valence-corrected chi connectivity index (χ4v) is 4.03. The number of carbonyl (C=O) groups is 1. The number of halogens is 2. The molecule has 2 N–H and O–H groups in total. The first-order valence-electron chi connectivity index (χ1n) is 8.74. The molecule has 1 saturated carbocycles. The van der Waals surface area contributed by atoms with Crippen LogP contribution in [0.25, 0.3) is 0 Å². The second kappa shape index (κ2) is 9.07. The Bertz CT molecular complexity index is 528. The van der Waals surface area contributed by atoms with Gasteiger partial charge in [0, 0.05) is 31.9 Å². The summed E-state index contributed by atoms with van der Waals surface area (Å²) in [6, 6.07) is 0.349. The number of piperidine rings is 1. The van der Waals surface area contributed by atoms with Crippen molar-refractivity contribution < 1.29 is 4.79 Å². The van der Waals surface area contributed by atoms with Crippen LogP contribution in [0.3, 0.4) is 0 Å². The van der Waals surface area contributed by atoms with E-state index in [1.807, 2.05) is 11.1 Å². The Morgan fingerprint density at radius 1 is 1.29 bits per heavy atom. The van der Waals surface area contributed by atoms with Crippen LogP contribution in [-0.4, -0.2) is 39.0 Å². The summed E-state index contributed by atoms with van der Waals surface area (Å²) < 4.78 is 2.25. The molecule has 1 aromatic rings. The van der Waals surface area contributed by atoms with Gasteiger partial charge in [-0.2, -0.15) is 0 Å². The zero-order valence-corrected chi connectivity index (χ0v) is 16.1. The van der Waals surface area contributed by atoms with Crippen molar-refractivity contribution in [3.8, 4) is 0 Å². The van der Waals surface area contributed by atoms with Gasteiger partial charge < -0.3 is 15.2 Å². The lowest BCUT2D eigenvalue weighted by Gasteiger charge is -2.41. The van der Waals surface area contributed by atoms with Gasteiger partial charge in [-0.15, -0.1) is 24.8 Å². The van der Waals surface area contributed by atoms with E-state index in [1.54, 1.807) is 0 Å². The molecular weight excluding hydrogens is 347 g/mol. The number of hydrogen-bond donors (Lipinski definition) is 1. The third-order valence-corrected chi connectivity index (χ3v) is 5.31. The summed E-state index contributed by atoms with van der Waals surface area (Å²) in [5.74, 6) is 1.29. The van der Waals surface area contributed by atoms with Gasteiger partial charge in [-0.25, -0.2) is 4.98 Å². The third kappa shape index (κ3) is 4.24. The standard InChI is InChI=1S/C17H28N4O.2ClH/c1-2-15-19-10-12-21(15)14-7-6-11-20(13-14)16(22)17(18)8-4-3-5-9-17;;/h10,12,14H,2-9,11,13,18H2,1H3;2*1H. The van der Waals surface area contributed by atoms with E-state index in [0.29, 0.717) is 6.04 Å². The van der Waals surface area contributed by atoms with E-state index < -0.39 is 5.54 Å². The van der Waals surface area contributed by atoms with Gasteiger partial charge >= 0.3 is 0 Å². The van der Waals surface area contributed by atoms with Crippen molar-refractivity contribution in [3.05, 3.63) is 18.2 Å². The highest BCUT2D eigenvalue weighted by Gasteiger charge is 2.39. The quantitative estimate of drug-likeness (QED) is 0.880. The normalized spacial score (nSPS) is 23.1. The van der Waals surface area contributed by atoms with E-state index in [4.69, 9.17) is 5.73 Å². The van der Waals surface area contributed by atoms with E-state index in [-0.39, 0.29) is 30.7 Å². The SMILES string of the molecule is CCc1nccn1C1CCCN(C(=O)C2(N)CCCCC2)C1.Cl.Cl. The van der Waals surface area contributed by atoms with E-state index in [9.17, 15) is 4.79 Å². The molecule has 0 aromatic carbocycles. The van der Waals surface area contributed by atoms with Crippen LogP contribution in [0.15, 0.2) is 12.4 Å². The first-order chi connectivity index (χ1) is 10.6. The van der Waals surface area contributed by atoms with Crippen molar-refractivity contribution in [2.24, 2.45) is 5.73 Å². The van der Waals surface area contributed by atoms with Crippen LogP contribution in [0.5, 0.6) is 0 Å². The number of likely N-dealkylation sites (tertiary alicyclic amines) is 1. The highest BCUT2D eigenvalue weighted by atomic mass is 35.5. The summed E-state index contributed by atoms with van der Waals surface area (Å²) in [4.78, 5) is 19.4. The van der Waals surface area contributed by atoms with Gasteiger partial charge in [-0.05, 0) is 25.7 Å². The minimum Gasteiger partial charge on any atom is -0.339 e. The van der Waals surface area contributed by atoms with Gasteiger partial charge in [0.15, 0.2) is 0 Å². The zero-order valence-electron chi connectivity index (χ0n) is 14.4. The first-order valence-corrected chi connectivity index (χ1v) is 8.74. The molecule has 2 aliphatic rings. The second-order valence-corrected chi connectivity index (χ2v) is 6.87. The molecular formula is C17H30Cl2N4O. The smallest absolute Gasteiger partial charge is 0.242 e. The van der Waals surface area contributed by atoms with Crippen molar-refractivity contribution in [2.45, 2.75) is 69.9 Å². The molecule has 7 heteroatoms. The Hall–Kier alpha value is -0.780. The Kier molecular flexibility index (Phi) is 8.03. The minimum atomic E-state index is -0.608. The van der Waals surface area contributed by atoms with E-state index >= 15 is 0 Å². The lowest BCUT2D eigenvalue weighted by atomic mass is 9.81. The molecule has 1 atom stereocenters. The Balaban J connectivity index is 0.00000144. The van der Waals surface area contributed by atoms with Crippen LogP contribution < -0.4 is 5.73 Å². The number of nitrogens with zero attached hydrogens (tertiary/aromatic N) is 3. The predicted octanol–water partition coefficient (Wildman–Crippen LogP) is 3.11. The number of hydrogen-bond acceptors (Lipinski definition) is 3. The summed E-state index contributed by atoms with van der Waals surface area (Å²) in [6.07, 6.45) is 12.1. The molecule has 1 amide bonds. The van der Waals surface area contributed by atoms with Crippen LogP contribution >= 0.6 is 24.8 Å². The number of amides is 1. The number of nitrogens with two attached hydrogens (primary N) is 1. The molecule has 1 aliphatic heterocycles. The molecule has 0 spiro atoms. The largest absolute Gasteiger partial charge is 0.339 e. The monoisotopic (exact) mass is 376 g/mol. The molecule has 1 aromatic heterocycles. The maximum absolute atomic E-state index is 12.9. The minimum absolute atomic E-state index is 0. The predicted molar refractivity (Wildman–Crippen MR) is 101 cm³/mol. The van der Waals surface area contributed by atoms with Crippen LogP contribution in [0.1, 0.15) is 63.7 Å². The summed E-state index contributed by atoms with van der Waals surface area (Å²) in [5, 5.41) is 0. The van der Waals surface area contributed by atoms with Gasteiger partial charge in [0.25, 0.3) is 0 Å². The van der Waals surface area contributed by atoms with Gasteiger partial charge in [0.1, 0.15) is 5.82 Å². The van der Waals surface area contributed by atoms with Gasteiger partial charge in [-0.3, -0.25) is 4.79 Å². The maximum Gasteiger partial charge on any atom is 0.242 e. The molecule has 2 fully saturated rings. The number of aryl methyl sites for hydroxylation is 1. The average Bonchev–Trinajstić information content (AvgIpc) is 3.03. The van der Waals surface area contributed by atoms with Crippen molar-refractivity contribution in [3.63, 3.8) is 0 Å². The number of aromatic nitrogens is 2. The van der Waals surface area contributed by atoms with Gasteiger partial charge in [0.2, 0.25) is 5.91 Å². The Labute approximate surface area is 157 Å². The molecule has 138 valence electrons. The molecule has 24 heavy (non-hydrogen) atoms. The maximum atomic E-state index is 12.9. The summed E-state index contributed by atoms with van der Waals surface area (Å²) in [6.45, 7) is 3.76. The topological polar surface area (TPSA) is 64.2 Å². The van der Waals surface area contributed by atoms with Crippen LogP contribution in [0.2, 0.25) is 0 Å². The third-order valence-electron chi connectivity index (χ3n) is 5.31.